The van der Waals surface area contributed by atoms with Gasteiger partial charge in [-0.25, -0.2) is 0 Å². The lowest BCUT2D eigenvalue weighted by atomic mass is 10.1. The Morgan fingerprint density at radius 1 is 1.04 bits per heavy atom. The van der Waals surface area contributed by atoms with E-state index in [4.69, 9.17) is 11.6 Å². The Morgan fingerprint density at radius 3 is 2.38 bits per heavy atom. The number of aromatic nitrogens is 1. The first-order valence-electron chi connectivity index (χ1n) is 8.56. The van der Waals surface area contributed by atoms with E-state index in [1.807, 2.05) is 36.4 Å². The van der Waals surface area contributed by atoms with E-state index < -0.39 is 0 Å². The molecule has 0 spiro atoms. The van der Waals surface area contributed by atoms with Crippen LogP contribution in [0, 0.1) is 0 Å². The van der Waals surface area contributed by atoms with Crippen molar-refractivity contribution in [1.29, 1.82) is 0 Å². The number of ether oxygens (including phenoxy) is 1. The van der Waals surface area contributed by atoms with Crippen molar-refractivity contribution in [2.24, 2.45) is 0 Å². The molecule has 0 fully saturated rings. The van der Waals surface area contributed by atoms with Gasteiger partial charge in [0.25, 0.3) is 0 Å². The molecule has 0 unspecified atom stereocenters. The minimum Gasteiger partial charge on any atom is -0.469 e. The zero-order valence-corrected chi connectivity index (χ0v) is 15.6. The van der Waals surface area contributed by atoms with Crippen LogP contribution in [-0.4, -0.2) is 35.4 Å². The third-order valence-corrected chi connectivity index (χ3v) is 4.31. The lowest BCUT2D eigenvalue weighted by Crippen LogP contribution is -2.32. The number of carbonyl (C=O) groups is 2. The molecule has 0 radical (unpaired) electrons. The molecule has 0 aliphatic carbocycles. The second kappa shape index (κ2) is 10.6. The Balaban J connectivity index is 1.90. The second-order valence-corrected chi connectivity index (χ2v) is 6.41. The number of hydrogen-bond acceptors (Lipinski definition) is 4. The van der Waals surface area contributed by atoms with E-state index in [1.165, 1.54) is 7.11 Å². The summed E-state index contributed by atoms with van der Waals surface area (Å²) in [5.74, 6) is -0.293. The van der Waals surface area contributed by atoms with Crippen LogP contribution < -0.4 is 0 Å². The van der Waals surface area contributed by atoms with Crippen molar-refractivity contribution >= 4 is 23.5 Å². The van der Waals surface area contributed by atoms with Gasteiger partial charge in [0.05, 0.1) is 13.5 Å². The summed E-state index contributed by atoms with van der Waals surface area (Å²) in [7, 11) is 1.35. The molecule has 0 aliphatic rings. The number of methoxy groups -OCH3 is 1. The topological polar surface area (TPSA) is 59.5 Å². The van der Waals surface area contributed by atoms with Crippen LogP contribution in [0.15, 0.2) is 48.8 Å². The zero-order valence-electron chi connectivity index (χ0n) is 14.9. The average Bonchev–Trinajstić information content (AvgIpc) is 2.67. The standard InChI is InChI=1S/C20H23ClN2O3/c1-26-20(25)11-14-23(15-17-9-12-22-13-10-17)19(24)4-2-3-16-5-7-18(21)8-6-16/h5-10,12-13H,2-4,11,14-15H2,1H3. The maximum absolute atomic E-state index is 12.6. The van der Waals surface area contributed by atoms with Crippen LogP contribution >= 0.6 is 11.6 Å². The highest BCUT2D eigenvalue weighted by molar-refractivity contribution is 6.30. The van der Waals surface area contributed by atoms with Gasteiger partial charge in [-0.1, -0.05) is 23.7 Å². The molecule has 1 amide bonds. The van der Waals surface area contributed by atoms with Gasteiger partial charge in [-0.15, -0.1) is 0 Å². The molecule has 0 aliphatic heterocycles. The van der Waals surface area contributed by atoms with Gasteiger partial charge in [0.2, 0.25) is 5.91 Å². The molecule has 1 aromatic carbocycles. The Labute approximate surface area is 158 Å². The smallest absolute Gasteiger partial charge is 0.307 e. The molecule has 0 bridgehead atoms. The fourth-order valence-corrected chi connectivity index (χ4v) is 2.71. The normalized spacial score (nSPS) is 10.4. The summed E-state index contributed by atoms with van der Waals surface area (Å²) in [5, 5.41) is 0.705. The summed E-state index contributed by atoms with van der Waals surface area (Å²) in [5.41, 5.74) is 2.13. The maximum Gasteiger partial charge on any atom is 0.307 e. The molecular weight excluding hydrogens is 352 g/mol. The quantitative estimate of drug-likeness (QED) is 0.628. The monoisotopic (exact) mass is 374 g/mol. The Kier molecular flexibility index (Phi) is 8.09. The van der Waals surface area contributed by atoms with E-state index in [2.05, 4.69) is 9.72 Å². The first-order chi connectivity index (χ1) is 12.6. The molecule has 0 N–H and O–H groups in total. The van der Waals surface area contributed by atoms with Gasteiger partial charge in [-0.05, 0) is 48.2 Å². The number of esters is 1. The van der Waals surface area contributed by atoms with Crippen LogP contribution in [0.4, 0.5) is 0 Å². The van der Waals surface area contributed by atoms with Crippen molar-refractivity contribution in [1.82, 2.24) is 9.88 Å². The van der Waals surface area contributed by atoms with Crippen LogP contribution in [0.1, 0.15) is 30.4 Å². The third kappa shape index (κ3) is 6.84. The van der Waals surface area contributed by atoms with Gasteiger partial charge in [-0.3, -0.25) is 14.6 Å². The Morgan fingerprint density at radius 2 is 1.73 bits per heavy atom. The minimum atomic E-state index is -0.321. The van der Waals surface area contributed by atoms with Crippen LogP contribution in [0.25, 0.3) is 0 Å². The van der Waals surface area contributed by atoms with Crippen LogP contribution in [0.5, 0.6) is 0 Å². The van der Waals surface area contributed by atoms with Gasteiger partial charge >= 0.3 is 5.97 Å². The highest BCUT2D eigenvalue weighted by Crippen LogP contribution is 2.13. The van der Waals surface area contributed by atoms with Crippen molar-refractivity contribution in [3.8, 4) is 0 Å². The molecule has 5 nitrogen and oxygen atoms in total. The van der Waals surface area contributed by atoms with Gasteiger partial charge in [0, 0.05) is 36.9 Å². The maximum atomic E-state index is 12.6. The van der Waals surface area contributed by atoms with E-state index in [0.29, 0.717) is 24.5 Å². The van der Waals surface area contributed by atoms with Crippen LogP contribution in [0.3, 0.4) is 0 Å². The molecule has 2 rings (SSSR count). The van der Waals surface area contributed by atoms with Gasteiger partial charge in [0.15, 0.2) is 0 Å². The molecule has 6 heteroatoms. The van der Waals surface area contributed by atoms with Gasteiger partial charge in [-0.2, -0.15) is 0 Å². The lowest BCUT2D eigenvalue weighted by molar-refractivity contribution is -0.142. The van der Waals surface area contributed by atoms with Gasteiger partial charge in [0.1, 0.15) is 0 Å². The van der Waals surface area contributed by atoms with Crippen LogP contribution in [0.2, 0.25) is 5.02 Å². The van der Waals surface area contributed by atoms with E-state index in [1.54, 1.807) is 17.3 Å². The van der Waals surface area contributed by atoms with Crippen LogP contribution in [-0.2, 0) is 27.3 Å². The summed E-state index contributed by atoms with van der Waals surface area (Å²) in [6.07, 6.45) is 5.55. The molecule has 0 saturated heterocycles. The van der Waals surface area contributed by atoms with Crippen molar-refractivity contribution in [2.45, 2.75) is 32.2 Å². The van der Waals surface area contributed by atoms with E-state index in [-0.39, 0.29) is 18.3 Å². The summed E-state index contributed by atoms with van der Waals surface area (Å²) in [6.45, 7) is 0.800. The zero-order chi connectivity index (χ0) is 18.8. The summed E-state index contributed by atoms with van der Waals surface area (Å²) >= 11 is 5.88. The predicted octanol–water partition coefficient (Wildman–Crippen LogP) is 3.65. The number of halogens is 1. The highest BCUT2D eigenvalue weighted by atomic mass is 35.5. The number of hydrogen-bond donors (Lipinski definition) is 0. The number of nitrogens with zero attached hydrogens (tertiary/aromatic N) is 2. The second-order valence-electron chi connectivity index (χ2n) is 5.98. The SMILES string of the molecule is COC(=O)CCN(Cc1ccncc1)C(=O)CCCc1ccc(Cl)cc1. The lowest BCUT2D eigenvalue weighted by Gasteiger charge is -2.22. The fourth-order valence-electron chi connectivity index (χ4n) is 2.58. The number of aryl methyl sites for hydroxylation is 1. The predicted molar refractivity (Wildman–Crippen MR) is 101 cm³/mol. The molecular formula is C20H23ClN2O3. The highest BCUT2D eigenvalue weighted by Gasteiger charge is 2.15. The fraction of sp³-hybridized carbons (Fsp3) is 0.350. The summed E-state index contributed by atoms with van der Waals surface area (Å²) in [6, 6.07) is 11.4. The van der Waals surface area contributed by atoms with Crippen molar-refractivity contribution in [2.75, 3.05) is 13.7 Å². The minimum absolute atomic E-state index is 0.0275. The number of benzene rings is 1. The van der Waals surface area contributed by atoms with E-state index >= 15 is 0 Å². The largest absolute Gasteiger partial charge is 0.469 e. The summed E-state index contributed by atoms with van der Waals surface area (Å²) < 4.78 is 4.68. The molecule has 26 heavy (non-hydrogen) atoms. The van der Waals surface area contributed by atoms with Crippen molar-refractivity contribution in [3.63, 3.8) is 0 Å². The van der Waals surface area contributed by atoms with E-state index in [0.717, 1.165) is 24.0 Å². The Bertz CT molecular complexity index is 705. The van der Waals surface area contributed by atoms with E-state index in [9.17, 15) is 9.59 Å². The average molecular weight is 375 g/mol. The summed E-state index contributed by atoms with van der Waals surface area (Å²) in [4.78, 5) is 29.8. The third-order valence-electron chi connectivity index (χ3n) is 4.06. The van der Waals surface area contributed by atoms with Crippen molar-refractivity contribution in [3.05, 3.63) is 64.9 Å². The Hall–Kier alpha value is -2.40. The molecule has 0 atom stereocenters. The number of pyridine rings is 1. The first kappa shape index (κ1) is 19.9. The molecule has 0 saturated carbocycles. The first-order valence-corrected chi connectivity index (χ1v) is 8.94. The van der Waals surface area contributed by atoms with Gasteiger partial charge < -0.3 is 9.64 Å². The van der Waals surface area contributed by atoms with Crippen molar-refractivity contribution < 1.29 is 14.3 Å². The molecule has 138 valence electrons. The number of rotatable bonds is 9. The molecule has 1 aromatic heterocycles. The number of carbonyl (C=O) groups excluding carboxylic acids is 2. The number of amides is 1. The molecule has 1 heterocycles. The molecule has 2 aromatic rings.